The van der Waals surface area contributed by atoms with Gasteiger partial charge in [-0.1, -0.05) is 23.7 Å². The minimum atomic E-state index is 0.273. The van der Waals surface area contributed by atoms with Crippen LogP contribution in [0.4, 0.5) is 5.82 Å². The Balaban J connectivity index is 1.91. The van der Waals surface area contributed by atoms with Gasteiger partial charge in [0, 0.05) is 31.7 Å². The van der Waals surface area contributed by atoms with Crippen LogP contribution in [0.5, 0.6) is 0 Å². The van der Waals surface area contributed by atoms with E-state index in [1.165, 1.54) is 0 Å². The zero-order valence-corrected chi connectivity index (χ0v) is 15.7. The van der Waals surface area contributed by atoms with Crippen LogP contribution in [0.1, 0.15) is 5.82 Å². The number of fused-ring (bicyclic) bond motifs is 1. The first-order chi connectivity index (χ1) is 12.6. The largest absolute Gasteiger partial charge is 0.352 e. The summed E-state index contributed by atoms with van der Waals surface area (Å²) in [6, 6.07) is 7.65. The van der Waals surface area contributed by atoms with Gasteiger partial charge >= 0.3 is 0 Å². The Morgan fingerprint density at radius 1 is 1.08 bits per heavy atom. The lowest BCUT2D eigenvalue weighted by Crippen LogP contribution is -2.45. The molecule has 0 aliphatic carbocycles. The van der Waals surface area contributed by atoms with Crippen LogP contribution >= 0.6 is 11.6 Å². The van der Waals surface area contributed by atoms with Gasteiger partial charge in [0.1, 0.15) is 11.6 Å². The third-order valence-corrected chi connectivity index (χ3v) is 5.12. The maximum Gasteiger partial charge on any atom is 0.167 e. The molecule has 3 heterocycles. The van der Waals surface area contributed by atoms with Crippen molar-refractivity contribution in [3.63, 3.8) is 0 Å². The van der Waals surface area contributed by atoms with E-state index in [1.54, 1.807) is 0 Å². The Morgan fingerprint density at radius 3 is 2.50 bits per heavy atom. The van der Waals surface area contributed by atoms with Crippen LogP contribution in [-0.2, 0) is 6.67 Å². The molecule has 1 fully saturated rings. The lowest BCUT2D eigenvalue weighted by molar-refractivity contribution is 0.312. The number of halogens is 1. The van der Waals surface area contributed by atoms with E-state index in [-0.39, 0.29) is 6.67 Å². The molecular weight excluding hydrogens is 350 g/mol. The molecule has 3 aromatic rings. The van der Waals surface area contributed by atoms with Crippen LogP contribution in [0, 0.1) is 6.92 Å². The summed E-state index contributed by atoms with van der Waals surface area (Å²) in [6.45, 7) is 6.01. The van der Waals surface area contributed by atoms with E-state index in [1.807, 2.05) is 35.8 Å². The third-order valence-electron chi connectivity index (χ3n) is 4.79. The first-order valence-electron chi connectivity index (χ1n) is 8.72. The van der Waals surface area contributed by atoms with E-state index < -0.39 is 0 Å². The van der Waals surface area contributed by atoms with Crippen LogP contribution in [-0.4, -0.2) is 57.6 Å². The lowest BCUT2D eigenvalue weighted by Gasteiger charge is -2.33. The van der Waals surface area contributed by atoms with Crippen molar-refractivity contribution in [2.24, 2.45) is 5.73 Å². The highest BCUT2D eigenvalue weighted by Crippen LogP contribution is 2.32. The Labute approximate surface area is 157 Å². The highest BCUT2D eigenvalue weighted by Gasteiger charge is 2.23. The molecule has 1 aliphatic heterocycles. The van der Waals surface area contributed by atoms with Crippen molar-refractivity contribution in [3.05, 3.63) is 35.1 Å². The molecule has 0 amide bonds. The Hall–Kier alpha value is -2.22. The SMILES string of the molecule is Cc1nc(N2CCN(C)CC2)c2nc(-c3ccccc3Cl)n(CN)c2n1. The highest BCUT2D eigenvalue weighted by atomic mass is 35.5. The molecule has 7 nitrogen and oxygen atoms in total. The molecule has 136 valence electrons. The summed E-state index contributed by atoms with van der Waals surface area (Å²) in [5.41, 5.74) is 8.42. The fourth-order valence-electron chi connectivity index (χ4n) is 3.35. The molecule has 26 heavy (non-hydrogen) atoms. The molecule has 0 radical (unpaired) electrons. The van der Waals surface area contributed by atoms with Gasteiger partial charge in [0.05, 0.1) is 11.7 Å². The van der Waals surface area contributed by atoms with Crippen LogP contribution < -0.4 is 10.6 Å². The lowest BCUT2D eigenvalue weighted by atomic mass is 10.2. The molecule has 0 saturated carbocycles. The Morgan fingerprint density at radius 2 is 1.81 bits per heavy atom. The normalized spacial score (nSPS) is 15.8. The second-order valence-corrected chi connectivity index (χ2v) is 6.99. The van der Waals surface area contributed by atoms with Crippen LogP contribution in [0.15, 0.2) is 24.3 Å². The van der Waals surface area contributed by atoms with E-state index in [0.717, 1.165) is 54.5 Å². The summed E-state index contributed by atoms with van der Waals surface area (Å²) < 4.78 is 1.91. The van der Waals surface area contributed by atoms with Crippen LogP contribution in [0.3, 0.4) is 0 Å². The summed E-state index contributed by atoms with van der Waals surface area (Å²) in [4.78, 5) is 18.8. The number of benzene rings is 1. The molecule has 2 N–H and O–H groups in total. The number of imidazole rings is 1. The van der Waals surface area contributed by atoms with Gasteiger partial charge in [-0.2, -0.15) is 0 Å². The van der Waals surface area contributed by atoms with E-state index in [4.69, 9.17) is 27.3 Å². The predicted octanol–water partition coefficient (Wildman–Crippen LogP) is 2.12. The molecule has 8 heteroatoms. The molecule has 0 atom stereocenters. The van der Waals surface area contributed by atoms with E-state index >= 15 is 0 Å². The van der Waals surface area contributed by atoms with Gasteiger partial charge in [0.25, 0.3) is 0 Å². The molecule has 0 spiro atoms. The van der Waals surface area contributed by atoms with Gasteiger partial charge < -0.3 is 15.5 Å². The van der Waals surface area contributed by atoms with E-state index in [0.29, 0.717) is 10.8 Å². The van der Waals surface area contributed by atoms with Gasteiger partial charge in [-0.05, 0) is 26.1 Å². The number of nitrogens with two attached hydrogens (primary N) is 1. The number of piperazine rings is 1. The van der Waals surface area contributed by atoms with Crippen molar-refractivity contribution in [2.45, 2.75) is 13.6 Å². The molecule has 0 bridgehead atoms. The van der Waals surface area contributed by atoms with Gasteiger partial charge in [-0.25, -0.2) is 15.0 Å². The molecular formula is C18H22ClN7. The molecule has 0 unspecified atom stereocenters. The average Bonchev–Trinajstić information content (AvgIpc) is 3.00. The number of hydrogen-bond acceptors (Lipinski definition) is 6. The van der Waals surface area contributed by atoms with E-state index in [2.05, 4.69) is 21.8 Å². The summed E-state index contributed by atoms with van der Waals surface area (Å²) in [5.74, 6) is 2.32. The van der Waals surface area contributed by atoms with Gasteiger partial charge in [0.15, 0.2) is 17.0 Å². The third kappa shape index (κ3) is 2.92. The minimum Gasteiger partial charge on any atom is -0.352 e. The van der Waals surface area contributed by atoms with Gasteiger partial charge in [0.2, 0.25) is 0 Å². The van der Waals surface area contributed by atoms with Gasteiger partial charge in [-0.3, -0.25) is 4.57 Å². The molecule has 1 saturated heterocycles. The maximum absolute atomic E-state index is 6.40. The molecule has 1 aromatic carbocycles. The quantitative estimate of drug-likeness (QED) is 0.760. The molecule has 1 aliphatic rings. The van der Waals surface area contributed by atoms with Crippen LogP contribution in [0.25, 0.3) is 22.6 Å². The van der Waals surface area contributed by atoms with Crippen molar-refractivity contribution >= 4 is 28.6 Å². The number of nitrogens with zero attached hydrogens (tertiary/aromatic N) is 6. The number of aryl methyl sites for hydroxylation is 1. The smallest absolute Gasteiger partial charge is 0.167 e. The first-order valence-corrected chi connectivity index (χ1v) is 9.09. The van der Waals surface area contributed by atoms with Crippen molar-refractivity contribution in [1.29, 1.82) is 0 Å². The topological polar surface area (TPSA) is 76.1 Å². The average molecular weight is 372 g/mol. The highest BCUT2D eigenvalue weighted by molar-refractivity contribution is 6.33. The Kier molecular flexibility index (Phi) is 4.52. The molecule has 4 rings (SSSR count). The Bertz CT molecular complexity index is 944. The second-order valence-electron chi connectivity index (χ2n) is 6.58. The summed E-state index contributed by atoms with van der Waals surface area (Å²) >= 11 is 6.40. The molecule has 2 aromatic heterocycles. The fraction of sp³-hybridized carbons (Fsp3) is 0.389. The van der Waals surface area contributed by atoms with Crippen molar-refractivity contribution in [1.82, 2.24) is 24.4 Å². The number of rotatable bonds is 3. The standard InChI is InChI=1S/C18H22ClN7/c1-12-21-17(25-9-7-24(2)8-10-25)15-18(22-12)26(11-20)16(23-15)13-5-3-4-6-14(13)19/h3-6H,7-11,20H2,1-2H3. The second kappa shape index (κ2) is 6.83. The maximum atomic E-state index is 6.40. The number of likely N-dealkylation sites (N-methyl/N-ethyl adjacent to an activating group) is 1. The van der Waals surface area contributed by atoms with Crippen molar-refractivity contribution < 1.29 is 0 Å². The minimum absolute atomic E-state index is 0.273. The van der Waals surface area contributed by atoms with Crippen molar-refractivity contribution in [2.75, 3.05) is 38.1 Å². The number of anilines is 1. The predicted molar refractivity (Wildman–Crippen MR) is 104 cm³/mol. The van der Waals surface area contributed by atoms with Crippen LogP contribution in [0.2, 0.25) is 5.02 Å². The summed E-state index contributed by atoms with van der Waals surface area (Å²) in [6.07, 6.45) is 0. The monoisotopic (exact) mass is 371 g/mol. The number of hydrogen-bond donors (Lipinski definition) is 1. The first kappa shape index (κ1) is 17.2. The zero-order chi connectivity index (χ0) is 18.3. The van der Waals surface area contributed by atoms with E-state index in [9.17, 15) is 0 Å². The van der Waals surface area contributed by atoms with Crippen molar-refractivity contribution in [3.8, 4) is 11.4 Å². The summed E-state index contributed by atoms with van der Waals surface area (Å²) in [5, 5.41) is 0.642. The number of aromatic nitrogens is 4. The summed E-state index contributed by atoms with van der Waals surface area (Å²) in [7, 11) is 2.14. The van der Waals surface area contributed by atoms with Gasteiger partial charge in [-0.15, -0.1) is 0 Å². The zero-order valence-electron chi connectivity index (χ0n) is 15.0. The fourth-order valence-corrected chi connectivity index (χ4v) is 3.57.